The molecule has 140 valence electrons. The molecule has 1 aliphatic carbocycles. The number of carbonyl (C=O) groups is 1. The number of aromatic nitrogens is 1. The normalized spacial score (nSPS) is 16.0. The van der Waals surface area contributed by atoms with Crippen LogP contribution in [0.2, 0.25) is 0 Å². The number of fused-ring (bicyclic) bond motifs is 1. The molecule has 0 amide bonds. The van der Waals surface area contributed by atoms with Gasteiger partial charge in [0.25, 0.3) is 0 Å². The van der Waals surface area contributed by atoms with E-state index in [-0.39, 0.29) is 12.6 Å². The Labute approximate surface area is 167 Å². The van der Waals surface area contributed by atoms with E-state index in [4.69, 9.17) is 4.74 Å². The van der Waals surface area contributed by atoms with E-state index in [9.17, 15) is 4.79 Å². The molecule has 6 heteroatoms. The number of hydrogen-bond donors (Lipinski definition) is 1. The van der Waals surface area contributed by atoms with Crippen LogP contribution in [0.1, 0.15) is 44.7 Å². The van der Waals surface area contributed by atoms with Crippen molar-refractivity contribution in [1.29, 1.82) is 0 Å². The maximum Gasteiger partial charge on any atom is 0.348 e. The van der Waals surface area contributed by atoms with Crippen molar-refractivity contribution in [2.24, 2.45) is 5.92 Å². The van der Waals surface area contributed by atoms with Crippen LogP contribution in [0.3, 0.4) is 0 Å². The molecule has 1 N–H and O–H groups in total. The first kappa shape index (κ1) is 18.2. The highest BCUT2D eigenvalue weighted by molar-refractivity contribution is 7.14. The average Bonchev–Trinajstić information content (AvgIpc) is 3.28. The van der Waals surface area contributed by atoms with Crippen molar-refractivity contribution >= 4 is 39.5 Å². The molecule has 2 heterocycles. The molecule has 27 heavy (non-hydrogen) atoms. The standard InChI is InChI=1S/C21H22N2O2S2/c1-13-3-6-16(7-4-13)22-21-23-17(12-26-21)11-25-20(24)19-10-15-9-14(2)5-8-18(15)27-19/h3-4,6-7,10,12,14H,5,8-9,11H2,1-2H3,(H,22,23)/t14-/m1/s1. The Balaban J connectivity index is 1.34. The predicted octanol–water partition coefficient (Wildman–Crippen LogP) is 5.74. The van der Waals surface area contributed by atoms with Crippen molar-refractivity contribution in [3.8, 4) is 0 Å². The maximum atomic E-state index is 12.4. The average molecular weight is 399 g/mol. The number of anilines is 2. The molecule has 0 saturated heterocycles. The summed E-state index contributed by atoms with van der Waals surface area (Å²) in [6.07, 6.45) is 3.35. The van der Waals surface area contributed by atoms with Crippen LogP contribution in [-0.4, -0.2) is 11.0 Å². The summed E-state index contributed by atoms with van der Waals surface area (Å²) in [4.78, 5) is 19.0. The molecule has 3 aromatic rings. The Morgan fingerprint density at radius 3 is 2.96 bits per heavy atom. The number of hydrogen-bond acceptors (Lipinski definition) is 6. The molecule has 1 aliphatic rings. The van der Waals surface area contributed by atoms with Gasteiger partial charge < -0.3 is 10.1 Å². The number of nitrogens with one attached hydrogen (secondary N) is 1. The topological polar surface area (TPSA) is 51.2 Å². The van der Waals surface area contributed by atoms with Gasteiger partial charge in [0.2, 0.25) is 0 Å². The van der Waals surface area contributed by atoms with Crippen LogP contribution in [0.5, 0.6) is 0 Å². The summed E-state index contributed by atoms with van der Waals surface area (Å²) in [5, 5.41) is 6.00. The minimum absolute atomic E-state index is 0.198. The quantitative estimate of drug-likeness (QED) is 0.557. The molecule has 1 aromatic carbocycles. The van der Waals surface area contributed by atoms with Crippen molar-refractivity contribution in [3.05, 3.63) is 62.3 Å². The fourth-order valence-electron chi connectivity index (χ4n) is 3.21. The number of rotatable bonds is 5. The third-order valence-corrected chi connectivity index (χ3v) is 6.76. The summed E-state index contributed by atoms with van der Waals surface area (Å²) in [5.41, 5.74) is 4.30. The largest absolute Gasteiger partial charge is 0.455 e. The molecule has 0 saturated carbocycles. The zero-order valence-corrected chi connectivity index (χ0v) is 17.1. The van der Waals surface area contributed by atoms with Gasteiger partial charge in [0.15, 0.2) is 5.13 Å². The first-order valence-electron chi connectivity index (χ1n) is 9.13. The van der Waals surface area contributed by atoms with E-state index in [2.05, 4.69) is 36.3 Å². The molecule has 4 nitrogen and oxygen atoms in total. The first-order chi connectivity index (χ1) is 13.1. The number of nitrogens with zero attached hydrogens (tertiary/aromatic N) is 1. The predicted molar refractivity (Wildman–Crippen MR) is 111 cm³/mol. The SMILES string of the molecule is Cc1ccc(Nc2nc(COC(=O)c3cc4c(s3)CC[C@@H](C)C4)cs2)cc1. The smallest absolute Gasteiger partial charge is 0.348 e. The minimum Gasteiger partial charge on any atom is -0.455 e. The van der Waals surface area contributed by atoms with E-state index in [0.717, 1.165) is 29.4 Å². The second kappa shape index (κ2) is 7.82. The van der Waals surface area contributed by atoms with Gasteiger partial charge in [-0.2, -0.15) is 0 Å². The summed E-state index contributed by atoms with van der Waals surface area (Å²) in [7, 11) is 0. The first-order valence-corrected chi connectivity index (χ1v) is 10.8. The van der Waals surface area contributed by atoms with Gasteiger partial charge in [0, 0.05) is 15.9 Å². The minimum atomic E-state index is -0.247. The number of carbonyl (C=O) groups excluding carboxylic acids is 1. The number of esters is 1. The van der Waals surface area contributed by atoms with Crippen LogP contribution in [0.25, 0.3) is 0 Å². The van der Waals surface area contributed by atoms with Crippen LogP contribution >= 0.6 is 22.7 Å². The van der Waals surface area contributed by atoms with E-state index in [1.807, 2.05) is 23.6 Å². The van der Waals surface area contributed by atoms with Crippen molar-refractivity contribution in [3.63, 3.8) is 0 Å². The van der Waals surface area contributed by atoms with Crippen LogP contribution in [0, 0.1) is 12.8 Å². The van der Waals surface area contributed by atoms with Gasteiger partial charge in [-0.05, 0) is 55.9 Å². The summed E-state index contributed by atoms with van der Waals surface area (Å²) < 4.78 is 5.49. The lowest BCUT2D eigenvalue weighted by Crippen LogP contribution is -2.08. The Bertz CT molecular complexity index is 944. The molecule has 0 unspecified atom stereocenters. The van der Waals surface area contributed by atoms with E-state index < -0.39 is 0 Å². The number of thiazole rings is 1. The monoisotopic (exact) mass is 398 g/mol. The summed E-state index contributed by atoms with van der Waals surface area (Å²) in [6.45, 7) is 4.52. The molecule has 1 atom stereocenters. The number of ether oxygens (including phenoxy) is 1. The van der Waals surface area contributed by atoms with E-state index in [1.54, 1.807) is 11.3 Å². The van der Waals surface area contributed by atoms with Gasteiger partial charge in [0.1, 0.15) is 11.5 Å². The van der Waals surface area contributed by atoms with Crippen LogP contribution in [0.15, 0.2) is 35.7 Å². The van der Waals surface area contributed by atoms with Gasteiger partial charge in [-0.3, -0.25) is 0 Å². The van der Waals surface area contributed by atoms with E-state index >= 15 is 0 Å². The summed E-state index contributed by atoms with van der Waals surface area (Å²) >= 11 is 3.09. The third kappa shape index (κ3) is 4.39. The zero-order valence-electron chi connectivity index (χ0n) is 15.5. The van der Waals surface area contributed by atoms with E-state index in [0.29, 0.717) is 10.8 Å². The van der Waals surface area contributed by atoms with Gasteiger partial charge in [-0.15, -0.1) is 22.7 Å². The highest BCUT2D eigenvalue weighted by Gasteiger charge is 2.21. The summed E-state index contributed by atoms with van der Waals surface area (Å²) in [6, 6.07) is 10.2. The molecule has 0 bridgehead atoms. The van der Waals surface area contributed by atoms with Crippen molar-refractivity contribution in [2.45, 2.75) is 39.7 Å². The van der Waals surface area contributed by atoms with Crippen molar-refractivity contribution in [1.82, 2.24) is 4.98 Å². The lowest BCUT2D eigenvalue weighted by molar-refractivity contribution is 0.0474. The Hall–Kier alpha value is -2.18. The highest BCUT2D eigenvalue weighted by Crippen LogP contribution is 2.32. The molecular weight excluding hydrogens is 376 g/mol. The third-order valence-electron chi connectivity index (χ3n) is 4.74. The molecule has 0 spiro atoms. The van der Waals surface area contributed by atoms with Gasteiger partial charge >= 0.3 is 5.97 Å². The van der Waals surface area contributed by atoms with Gasteiger partial charge in [-0.1, -0.05) is 24.6 Å². The van der Waals surface area contributed by atoms with Crippen molar-refractivity contribution in [2.75, 3.05) is 5.32 Å². The molecule has 2 aromatic heterocycles. The second-order valence-electron chi connectivity index (χ2n) is 7.12. The number of benzene rings is 1. The molecular formula is C21H22N2O2S2. The lowest BCUT2D eigenvalue weighted by atomic mass is 9.90. The van der Waals surface area contributed by atoms with E-state index in [1.165, 1.54) is 33.8 Å². The van der Waals surface area contributed by atoms with Crippen LogP contribution < -0.4 is 5.32 Å². The number of thiophene rings is 1. The molecule has 0 radical (unpaired) electrons. The Kier molecular flexibility index (Phi) is 5.27. The maximum absolute atomic E-state index is 12.4. The lowest BCUT2D eigenvalue weighted by Gasteiger charge is -2.16. The molecule has 0 aliphatic heterocycles. The van der Waals surface area contributed by atoms with Crippen LogP contribution in [-0.2, 0) is 24.2 Å². The van der Waals surface area contributed by atoms with Crippen molar-refractivity contribution < 1.29 is 9.53 Å². The fourth-order valence-corrected chi connectivity index (χ4v) is 5.03. The van der Waals surface area contributed by atoms with Gasteiger partial charge in [-0.25, -0.2) is 9.78 Å². The summed E-state index contributed by atoms with van der Waals surface area (Å²) in [5.74, 6) is 0.452. The molecule has 4 rings (SSSR count). The fraction of sp³-hybridized carbons (Fsp3) is 0.333. The number of aryl methyl sites for hydroxylation is 2. The highest BCUT2D eigenvalue weighted by atomic mass is 32.1. The Morgan fingerprint density at radius 2 is 2.15 bits per heavy atom. The van der Waals surface area contributed by atoms with Gasteiger partial charge in [0.05, 0.1) is 5.69 Å². The van der Waals surface area contributed by atoms with Crippen LogP contribution in [0.4, 0.5) is 10.8 Å². The Morgan fingerprint density at radius 1 is 1.33 bits per heavy atom. The second-order valence-corrected chi connectivity index (χ2v) is 9.11. The zero-order chi connectivity index (χ0) is 18.8. The molecule has 0 fully saturated rings.